The van der Waals surface area contributed by atoms with E-state index in [2.05, 4.69) is 54.5 Å². The molecule has 18 heavy (non-hydrogen) atoms. The number of nitrogens with zero attached hydrogens (tertiary/aromatic N) is 1. The normalized spacial score (nSPS) is 10.6. The van der Waals surface area contributed by atoms with Crippen LogP contribution in [0.4, 0.5) is 5.69 Å². The van der Waals surface area contributed by atoms with E-state index in [1.807, 2.05) is 0 Å². The van der Waals surface area contributed by atoms with Crippen LogP contribution in [0.25, 0.3) is 0 Å². The third-order valence-electron chi connectivity index (χ3n) is 2.90. The molecule has 0 aliphatic carbocycles. The van der Waals surface area contributed by atoms with Crippen molar-refractivity contribution in [3.8, 4) is 0 Å². The van der Waals surface area contributed by atoms with Crippen molar-refractivity contribution in [3.63, 3.8) is 0 Å². The Bertz CT molecular complexity index is 471. The summed E-state index contributed by atoms with van der Waals surface area (Å²) in [5.41, 5.74) is 9.61. The van der Waals surface area contributed by atoms with Crippen molar-refractivity contribution in [2.75, 3.05) is 18.0 Å². The highest BCUT2D eigenvalue weighted by molar-refractivity contribution is 7.09. The summed E-state index contributed by atoms with van der Waals surface area (Å²) < 4.78 is 0. The van der Waals surface area contributed by atoms with Gasteiger partial charge in [0.2, 0.25) is 0 Å². The Morgan fingerprint density at radius 2 is 1.89 bits per heavy atom. The van der Waals surface area contributed by atoms with Crippen LogP contribution in [0.5, 0.6) is 0 Å². The van der Waals surface area contributed by atoms with Gasteiger partial charge >= 0.3 is 0 Å². The Balaban J connectivity index is 2.23. The van der Waals surface area contributed by atoms with Gasteiger partial charge in [-0.2, -0.15) is 0 Å². The first-order valence-electron chi connectivity index (χ1n) is 6.25. The smallest absolute Gasteiger partial charge is 0.0523 e. The molecule has 0 bridgehead atoms. The number of thiophene rings is 1. The number of benzene rings is 1. The first-order valence-corrected chi connectivity index (χ1v) is 7.12. The van der Waals surface area contributed by atoms with Crippen LogP contribution >= 0.6 is 11.3 Å². The van der Waals surface area contributed by atoms with E-state index in [9.17, 15) is 0 Å². The highest BCUT2D eigenvalue weighted by Gasteiger charge is 2.08. The average Bonchev–Trinajstić information content (AvgIpc) is 2.80. The zero-order chi connectivity index (χ0) is 13.0. The summed E-state index contributed by atoms with van der Waals surface area (Å²) in [6, 6.07) is 10.9. The molecule has 0 aliphatic heterocycles. The third kappa shape index (κ3) is 3.34. The van der Waals surface area contributed by atoms with Crippen molar-refractivity contribution in [2.24, 2.45) is 5.73 Å². The maximum Gasteiger partial charge on any atom is 0.0523 e. The van der Waals surface area contributed by atoms with E-state index in [-0.39, 0.29) is 0 Å². The molecule has 1 heterocycles. The Morgan fingerprint density at radius 3 is 2.44 bits per heavy atom. The maximum absolute atomic E-state index is 5.73. The van der Waals surface area contributed by atoms with E-state index < -0.39 is 0 Å². The topological polar surface area (TPSA) is 29.3 Å². The molecule has 0 spiro atoms. The summed E-state index contributed by atoms with van der Waals surface area (Å²) in [7, 11) is 0. The van der Waals surface area contributed by atoms with Gasteiger partial charge in [0.1, 0.15) is 0 Å². The monoisotopic (exact) mass is 260 g/mol. The molecule has 0 radical (unpaired) electrons. The van der Waals surface area contributed by atoms with Crippen LogP contribution in [0.2, 0.25) is 0 Å². The molecule has 0 saturated heterocycles. The summed E-state index contributed by atoms with van der Waals surface area (Å²) in [5.74, 6) is 0. The van der Waals surface area contributed by atoms with Crippen LogP contribution in [-0.4, -0.2) is 13.1 Å². The van der Waals surface area contributed by atoms with E-state index >= 15 is 0 Å². The number of rotatable bonds is 5. The number of hydrogen-bond acceptors (Lipinski definition) is 3. The first-order chi connectivity index (χ1) is 8.69. The Kier molecular flexibility index (Phi) is 4.39. The molecule has 0 unspecified atom stereocenters. The number of aryl methyl sites for hydroxylation is 2. The molecule has 0 atom stereocenters. The van der Waals surface area contributed by atoms with Crippen molar-refractivity contribution in [2.45, 2.75) is 20.4 Å². The van der Waals surface area contributed by atoms with Gasteiger partial charge in [0.25, 0.3) is 0 Å². The number of hydrogen-bond donors (Lipinski definition) is 1. The molecule has 0 aliphatic rings. The summed E-state index contributed by atoms with van der Waals surface area (Å²) in [6.45, 7) is 6.79. The minimum atomic E-state index is 0.679. The van der Waals surface area contributed by atoms with Gasteiger partial charge in [-0.05, 0) is 48.6 Å². The first kappa shape index (κ1) is 13.1. The zero-order valence-electron chi connectivity index (χ0n) is 11.0. The number of anilines is 1. The largest absolute Gasteiger partial charge is 0.365 e. The summed E-state index contributed by atoms with van der Waals surface area (Å²) in [6.07, 6.45) is 0. The predicted molar refractivity (Wildman–Crippen MR) is 80.3 cm³/mol. The number of nitrogens with two attached hydrogens (primary N) is 1. The quantitative estimate of drug-likeness (QED) is 0.893. The van der Waals surface area contributed by atoms with Gasteiger partial charge in [-0.3, -0.25) is 0 Å². The lowest BCUT2D eigenvalue weighted by atomic mass is 10.1. The van der Waals surface area contributed by atoms with Crippen LogP contribution in [0.3, 0.4) is 0 Å². The highest BCUT2D eigenvalue weighted by atomic mass is 32.1. The van der Waals surface area contributed by atoms with Crippen LogP contribution in [0.15, 0.2) is 35.7 Å². The Morgan fingerprint density at radius 1 is 1.17 bits per heavy atom. The van der Waals surface area contributed by atoms with E-state index in [0.29, 0.717) is 6.54 Å². The van der Waals surface area contributed by atoms with Gasteiger partial charge in [0, 0.05) is 23.7 Å². The third-order valence-corrected chi connectivity index (χ3v) is 3.76. The van der Waals surface area contributed by atoms with Gasteiger partial charge in [0.15, 0.2) is 0 Å². The molecule has 96 valence electrons. The Labute approximate surface area is 113 Å². The fourth-order valence-corrected chi connectivity index (χ4v) is 2.90. The maximum atomic E-state index is 5.73. The van der Waals surface area contributed by atoms with Crippen LogP contribution < -0.4 is 10.6 Å². The van der Waals surface area contributed by atoms with Crippen molar-refractivity contribution < 1.29 is 0 Å². The van der Waals surface area contributed by atoms with E-state index in [0.717, 1.165) is 13.1 Å². The molecule has 0 fully saturated rings. The van der Waals surface area contributed by atoms with E-state index in [1.54, 1.807) is 11.3 Å². The molecule has 2 rings (SSSR count). The minimum Gasteiger partial charge on any atom is -0.365 e. The Hall–Kier alpha value is -1.32. The van der Waals surface area contributed by atoms with Gasteiger partial charge in [0.05, 0.1) is 6.54 Å². The molecular formula is C15H20N2S. The fourth-order valence-electron chi connectivity index (χ4n) is 2.18. The van der Waals surface area contributed by atoms with Gasteiger partial charge < -0.3 is 10.6 Å². The lowest BCUT2D eigenvalue weighted by Crippen LogP contribution is -2.28. The molecule has 2 nitrogen and oxygen atoms in total. The van der Waals surface area contributed by atoms with Gasteiger partial charge in [-0.1, -0.05) is 12.1 Å². The SMILES string of the molecule is Cc1cc(C)cc(N(CCN)Cc2cccs2)c1. The van der Waals surface area contributed by atoms with Crippen molar-refractivity contribution in [1.29, 1.82) is 0 Å². The molecule has 2 aromatic rings. The molecule has 0 amide bonds. The summed E-state index contributed by atoms with van der Waals surface area (Å²) in [4.78, 5) is 3.73. The average molecular weight is 260 g/mol. The zero-order valence-corrected chi connectivity index (χ0v) is 11.8. The van der Waals surface area contributed by atoms with Crippen molar-refractivity contribution >= 4 is 17.0 Å². The molecule has 3 heteroatoms. The lowest BCUT2D eigenvalue weighted by Gasteiger charge is -2.24. The second-order valence-electron chi connectivity index (χ2n) is 4.64. The van der Waals surface area contributed by atoms with Crippen molar-refractivity contribution in [3.05, 3.63) is 51.7 Å². The molecule has 0 saturated carbocycles. The van der Waals surface area contributed by atoms with Crippen LogP contribution in [0, 0.1) is 13.8 Å². The van der Waals surface area contributed by atoms with Gasteiger partial charge in [-0.25, -0.2) is 0 Å². The second kappa shape index (κ2) is 6.03. The molecule has 1 aromatic carbocycles. The summed E-state index contributed by atoms with van der Waals surface area (Å²) in [5, 5.41) is 2.12. The standard InChI is InChI=1S/C15H20N2S/c1-12-8-13(2)10-14(9-12)17(6-5-16)11-15-4-3-7-18-15/h3-4,7-10H,5-6,11,16H2,1-2H3. The molecule has 2 N–H and O–H groups in total. The second-order valence-corrected chi connectivity index (χ2v) is 5.67. The minimum absolute atomic E-state index is 0.679. The highest BCUT2D eigenvalue weighted by Crippen LogP contribution is 2.22. The predicted octanol–water partition coefficient (Wildman–Crippen LogP) is 3.33. The fraction of sp³-hybridized carbons (Fsp3) is 0.333. The van der Waals surface area contributed by atoms with Crippen molar-refractivity contribution in [1.82, 2.24) is 0 Å². The van der Waals surface area contributed by atoms with Crippen LogP contribution in [-0.2, 0) is 6.54 Å². The van der Waals surface area contributed by atoms with Gasteiger partial charge in [-0.15, -0.1) is 11.3 Å². The summed E-state index contributed by atoms with van der Waals surface area (Å²) >= 11 is 1.80. The van der Waals surface area contributed by atoms with E-state index in [4.69, 9.17) is 5.73 Å². The van der Waals surface area contributed by atoms with Crippen LogP contribution in [0.1, 0.15) is 16.0 Å². The lowest BCUT2D eigenvalue weighted by molar-refractivity contribution is 0.796. The van der Waals surface area contributed by atoms with E-state index in [1.165, 1.54) is 21.7 Å². The molecular weight excluding hydrogens is 240 g/mol. The molecule has 1 aromatic heterocycles.